The van der Waals surface area contributed by atoms with Crippen molar-refractivity contribution in [2.75, 3.05) is 13.2 Å². The van der Waals surface area contributed by atoms with Gasteiger partial charge in [0.15, 0.2) is 0 Å². The Hall–Kier alpha value is -1.78. The molecule has 3 nitrogen and oxygen atoms in total. The Morgan fingerprint density at radius 1 is 1.05 bits per heavy atom. The van der Waals surface area contributed by atoms with Crippen molar-refractivity contribution in [1.29, 1.82) is 0 Å². The third-order valence-electron chi connectivity index (χ3n) is 2.57. The summed E-state index contributed by atoms with van der Waals surface area (Å²) in [6.07, 6.45) is 0. The van der Waals surface area contributed by atoms with Crippen LogP contribution in [0.4, 0.5) is 0 Å². The first kappa shape index (κ1) is 14.6. The molecule has 0 aliphatic carbocycles. The van der Waals surface area contributed by atoms with Crippen LogP contribution in [-0.2, 0) is 0 Å². The summed E-state index contributed by atoms with van der Waals surface area (Å²) >= 11 is 11.0. The lowest BCUT2D eigenvalue weighted by atomic mass is 10.2. The van der Waals surface area contributed by atoms with E-state index in [1.54, 1.807) is 18.2 Å². The number of hydrogen-bond donors (Lipinski definition) is 1. The van der Waals surface area contributed by atoms with Crippen molar-refractivity contribution in [1.82, 2.24) is 0 Å². The number of para-hydroxylation sites is 1. The molecule has 2 rings (SSSR count). The lowest BCUT2D eigenvalue weighted by Gasteiger charge is -2.10. The zero-order valence-electron chi connectivity index (χ0n) is 10.7. The lowest BCUT2D eigenvalue weighted by molar-refractivity contribution is 0.217. The Balaban J connectivity index is 1.84. The Morgan fingerprint density at radius 3 is 2.40 bits per heavy atom. The average molecular weight is 308 g/mol. The standard InChI is InChI=1S/C15H14ClNO2S/c16-13-10-11(15(17)20)6-7-14(13)19-9-8-18-12-4-2-1-3-5-12/h1-7,10H,8-9H2,(H2,17,20). The number of rotatable bonds is 6. The predicted molar refractivity (Wildman–Crippen MR) is 84.8 cm³/mol. The summed E-state index contributed by atoms with van der Waals surface area (Å²) in [5.41, 5.74) is 6.25. The fourth-order valence-corrected chi connectivity index (χ4v) is 1.96. The molecule has 0 aliphatic heterocycles. The number of benzene rings is 2. The van der Waals surface area contributed by atoms with Crippen molar-refractivity contribution in [3.05, 3.63) is 59.1 Å². The smallest absolute Gasteiger partial charge is 0.138 e. The highest BCUT2D eigenvalue weighted by molar-refractivity contribution is 7.80. The van der Waals surface area contributed by atoms with Gasteiger partial charge >= 0.3 is 0 Å². The van der Waals surface area contributed by atoms with Crippen LogP contribution in [0, 0.1) is 0 Å². The highest BCUT2D eigenvalue weighted by Crippen LogP contribution is 2.25. The third kappa shape index (κ3) is 4.11. The molecular formula is C15H14ClNO2S. The molecule has 2 N–H and O–H groups in total. The molecule has 0 aliphatic rings. The fraction of sp³-hybridized carbons (Fsp3) is 0.133. The molecule has 0 saturated heterocycles. The third-order valence-corrected chi connectivity index (χ3v) is 3.10. The first-order valence-electron chi connectivity index (χ1n) is 6.07. The first-order valence-corrected chi connectivity index (χ1v) is 6.85. The van der Waals surface area contributed by atoms with Gasteiger partial charge in [0.25, 0.3) is 0 Å². The molecule has 5 heteroatoms. The SMILES string of the molecule is NC(=S)c1ccc(OCCOc2ccccc2)c(Cl)c1. The molecule has 0 radical (unpaired) electrons. The fourth-order valence-electron chi connectivity index (χ4n) is 1.60. The Bertz CT molecular complexity index is 590. The van der Waals surface area contributed by atoms with Crippen LogP contribution in [0.3, 0.4) is 0 Å². The zero-order valence-corrected chi connectivity index (χ0v) is 12.3. The van der Waals surface area contributed by atoms with Crippen LogP contribution < -0.4 is 15.2 Å². The second kappa shape index (κ2) is 7.12. The number of hydrogen-bond acceptors (Lipinski definition) is 3. The Kier molecular flexibility index (Phi) is 5.21. The molecular weight excluding hydrogens is 294 g/mol. The molecule has 0 fully saturated rings. The van der Waals surface area contributed by atoms with Crippen LogP contribution >= 0.6 is 23.8 Å². The largest absolute Gasteiger partial charge is 0.490 e. The summed E-state index contributed by atoms with van der Waals surface area (Å²) in [5.74, 6) is 1.40. The van der Waals surface area contributed by atoms with E-state index in [4.69, 9.17) is 39.0 Å². The molecule has 0 heterocycles. The van der Waals surface area contributed by atoms with E-state index in [9.17, 15) is 0 Å². The molecule has 0 amide bonds. The normalized spacial score (nSPS) is 10.1. The van der Waals surface area contributed by atoms with Crippen molar-refractivity contribution < 1.29 is 9.47 Å². The van der Waals surface area contributed by atoms with Crippen molar-refractivity contribution in [3.8, 4) is 11.5 Å². The molecule has 2 aromatic carbocycles. The predicted octanol–water partition coefficient (Wildman–Crippen LogP) is 3.43. The van der Waals surface area contributed by atoms with E-state index < -0.39 is 0 Å². The topological polar surface area (TPSA) is 44.5 Å². The van der Waals surface area contributed by atoms with Crippen molar-refractivity contribution in [2.24, 2.45) is 5.73 Å². The summed E-state index contributed by atoms with van der Waals surface area (Å²) in [6, 6.07) is 14.8. The minimum absolute atomic E-state index is 0.311. The zero-order chi connectivity index (χ0) is 14.4. The van der Waals surface area contributed by atoms with Gasteiger partial charge in [-0.05, 0) is 30.3 Å². The minimum atomic E-state index is 0.311. The second-order valence-electron chi connectivity index (χ2n) is 4.02. The average Bonchev–Trinajstić information content (AvgIpc) is 2.46. The number of nitrogens with two attached hydrogens (primary N) is 1. The van der Waals surface area contributed by atoms with Gasteiger partial charge in [0.05, 0.1) is 5.02 Å². The van der Waals surface area contributed by atoms with Gasteiger partial charge in [-0.25, -0.2) is 0 Å². The van der Waals surface area contributed by atoms with Gasteiger partial charge in [-0.2, -0.15) is 0 Å². The van der Waals surface area contributed by atoms with E-state index >= 15 is 0 Å². The number of thiocarbonyl (C=S) groups is 1. The molecule has 2 aromatic rings. The molecule has 104 valence electrons. The molecule has 20 heavy (non-hydrogen) atoms. The lowest BCUT2D eigenvalue weighted by Crippen LogP contribution is -2.11. The summed E-state index contributed by atoms with van der Waals surface area (Å²) in [7, 11) is 0. The van der Waals surface area contributed by atoms with Crippen LogP contribution in [0.25, 0.3) is 0 Å². The van der Waals surface area contributed by atoms with E-state index in [2.05, 4.69) is 0 Å². The van der Waals surface area contributed by atoms with Crippen LogP contribution in [0.5, 0.6) is 11.5 Å². The van der Waals surface area contributed by atoms with Crippen LogP contribution in [0.1, 0.15) is 5.56 Å². The van der Waals surface area contributed by atoms with Crippen molar-refractivity contribution >= 4 is 28.8 Å². The summed E-state index contributed by atoms with van der Waals surface area (Å²) < 4.78 is 11.1. The van der Waals surface area contributed by atoms with Crippen molar-refractivity contribution in [3.63, 3.8) is 0 Å². The van der Waals surface area contributed by atoms with Gasteiger partial charge in [0.1, 0.15) is 29.7 Å². The molecule has 0 bridgehead atoms. The van der Waals surface area contributed by atoms with Gasteiger partial charge in [-0.1, -0.05) is 42.0 Å². The van der Waals surface area contributed by atoms with Gasteiger partial charge in [-0.15, -0.1) is 0 Å². The van der Waals surface area contributed by atoms with Crippen LogP contribution in [0.2, 0.25) is 5.02 Å². The highest BCUT2D eigenvalue weighted by Gasteiger charge is 2.04. The summed E-state index contributed by atoms with van der Waals surface area (Å²) in [5, 5.41) is 0.481. The van der Waals surface area contributed by atoms with Gasteiger partial charge in [-0.3, -0.25) is 0 Å². The van der Waals surface area contributed by atoms with Gasteiger partial charge in [0.2, 0.25) is 0 Å². The van der Waals surface area contributed by atoms with E-state index in [-0.39, 0.29) is 0 Å². The van der Waals surface area contributed by atoms with E-state index in [0.717, 1.165) is 11.3 Å². The van der Waals surface area contributed by atoms with Crippen LogP contribution in [0.15, 0.2) is 48.5 Å². The molecule has 0 saturated carbocycles. The first-order chi connectivity index (χ1) is 9.66. The quantitative estimate of drug-likeness (QED) is 0.656. The monoisotopic (exact) mass is 307 g/mol. The maximum absolute atomic E-state index is 6.09. The Morgan fingerprint density at radius 2 is 1.75 bits per heavy atom. The molecule has 0 atom stereocenters. The van der Waals surface area contributed by atoms with Gasteiger partial charge in [0, 0.05) is 5.56 Å². The van der Waals surface area contributed by atoms with Crippen LogP contribution in [-0.4, -0.2) is 18.2 Å². The second-order valence-corrected chi connectivity index (χ2v) is 4.87. The Labute approximate surface area is 128 Å². The molecule has 0 aromatic heterocycles. The number of halogens is 1. The van der Waals surface area contributed by atoms with E-state index in [1.807, 2.05) is 30.3 Å². The maximum atomic E-state index is 6.09. The minimum Gasteiger partial charge on any atom is -0.490 e. The van der Waals surface area contributed by atoms with E-state index in [1.165, 1.54) is 0 Å². The molecule has 0 unspecified atom stereocenters. The van der Waals surface area contributed by atoms with Crippen molar-refractivity contribution in [2.45, 2.75) is 0 Å². The van der Waals surface area contributed by atoms with Gasteiger partial charge < -0.3 is 15.2 Å². The summed E-state index contributed by atoms with van der Waals surface area (Å²) in [6.45, 7) is 0.846. The molecule has 0 spiro atoms. The number of ether oxygens (including phenoxy) is 2. The van der Waals surface area contributed by atoms with E-state index in [0.29, 0.717) is 29.0 Å². The summed E-state index contributed by atoms with van der Waals surface area (Å²) in [4.78, 5) is 0.311. The maximum Gasteiger partial charge on any atom is 0.138 e. The highest BCUT2D eigenvalue weighted by atomic mass is 35.5.